The first-order valence-electron chi connectivity index (χ1n) is 6.80. The Bertz CT molecular complexity index is 613. The molecule has 1 fully saturated rings. The van der Waals surface area contributed by atoms with E-state index in [4.69, 9.17) is 15.2 Å². The highest BCUT2D eigenvalue weighted by Crippen LogP contribution is 2.31. The number of ether oxygens (including phenoxy) is 2. The normalized spacial score (nSPS) is 17.9. The summed E-state index contributed by atoms with van der Waals surface area (Å²) in [6.45, 7) is 2.03. The minimum Gasteiger partial charge on any atom is -0.493 e. The van der Waals surface area contributed by atoms with Gasteiger partial charge in [0, 0.05) is 36.0 Å². The fourth-order valence-corrected chi connectivity index (χ4v) is 2.25. The van der Waals surface area contributed by atoms with Crippen LogP contribution in [0.5, 0.6) is 5.75 Å². The Morgan fingerprint density at radius 2 is 2.14 bits per heavy atom. The topological polar surface area (TPSA) is 70.3 Å². The van der Waals surface area contributed by atoms with E-state index >= 15 is 0 Å². The molecule has 0 unspecified atom stereocenters. The van der Waals surface area contributed by atoms with Crippen LogP contribution >= 0.6 is 0 Å². The zero-order valence-corrected chi connectivity index (χ0v) is 11.5. The van der Waals surface area contributed by atoms with Gasteiger partial charge in [-0.15, -0.1) is 0 Å². The van der Waals surface area contributed by atoms with Gasteiger partial charge >= 0.3 is 0 Å². The van der Waals surface area contributed by atoms with Crippen molar-refractivity contribution < 1.29 is 13.9 Å². The fraction of sp³-hybridized carbons (Fsp3) is 0.333. The van der Waals surface area contributed by atoms with Crippen molar-refractivity contribution in [2.24, 2.45) is 5.92 Å². The number of nitrogens with zero attached hydrogens (tertiary/aromatic N) is 2. The highest BCUT2D eigenvalue weighted by Gasteiger charge is 2.17. The molecule has 0 aliphatic carbocycles. The van der Waals surface area contributed by atoms with Gasteiger partial charge in [0.1, 0.15) is 11.6 Å². The van der Waals surface area contributed by atoms with Crippen LogP contribution in [-0.4, -0.2) is 29.8 Å². The van der Waals surface area contributed by atoms with Crippen LogP contribution in [0.15, 0.2) is 30.6 Å². The predicted molar refractivity (Wildman–Crippen MR) is 76.3 cm³/mol. The Labute approximate surface area is 121 Å². The van der Waals surface area contributed by atoms with Gasteiger partial charge in [0.15, 0.2) is 0 Å². The Morgan fingerprint density at radius 3 is 2.86 bits per heavy atom. The van der Waals surface area contributed by atoms with Crippen LogP contribution in [0.4, 0.5) is 10.3 Å². The van der Waals surface area contributed by atoms with Gasteiger partial charge in [-0.3, -0.25) is 0 Å². The number of hydrogen-bond acceptors (Lipinski definition) is 5. The van der Waals surface area contributed by atoms with E-state index in [9.17, 15) is 4.39 Å². The van der Waals surface area contributed by atoms with E-state index in [0.29, 0.717) is 36.0 Å². The van der Waals surface area contributed by atoms with Crippen molar-refractivity contribution in [1.82, 2.24) is 9.97 Å². The molecule has 1 aliphatic heterocycles. The lowest BCUT2D eigenvalue weighted by atomic mass is 10.1. The van der Waals surface area contributed by atoms with Gasteiger partial charge < -0.3 is 15.2 Å². The number of hydrogen-bond donors (Lipinski definition) is 1. The molecule has 2 aromatic rings. The maximum atomic E-state index is 13.5. The lowest BCUT2D eigenvalue weighted by molar-refractivity contribution is 0.167. The summed E-state index contributed by atoms with van der Waals surface area (Å²) < 4.78 is 24.7. The molecule has 1 aromatic carbocycles. The summed E-state index contributed by atoms with van der Waals surface area (Å²) in [5.74, 6) is 0.835. The van der Waals surface area contributed by atoms with E-state index < -0.39 is 0 Å². The molecule has 1 aromatic heterocycles. The predicted octanol–water partition coefficient (Wildman–Crippen LogP) is 2.28. The first kappa shape index (κ1) is 13.8. The number of benzene rings is 1. The molecule has 21 heavy (non-hydrogen) atoms. The summed E-state index contributed by atoms with van der Waals surface area (Å²) in [4.78, 5) is 7.87. The second-order valence-corrected chi connectivity index (χ2v) is 5.01. The zero-order chi connectivity index (χ0) is 14.7. The summed E-state index contributed by atoms with van der Waals surface area (Å²) in [7, 11) is 0. The standard InChI is InChI=1S/C15H16FN3O2/c16-12-1-2-14(21-9-10-3-4-20-8-10)13(5-12)11-6-18-15(17)19-7-11/h1-2,5-7,10H,3-4,8-9H2,(H2,17,18,19)/t10-/m0/s1. The van der Waals surface area contributed by atoms with Crippen LogP contribution in [0.2, 0.25) is 0 Å². The second kappa shape index (κ2) is 6.05. The number of nitrogen functional groups attached to an aromatic ring is 1. The lowest BCUT2D eigenvalue weighted by Gasteiger charge is -2.14. The molecule has 1 saturated heterocycles. The number of halogens is 1. The first-order valence-corrected chi connectivity index (χ1v) is 6.80. The van der Waals surface area contributed by atoms with Gasteiger partial charge in [-0.2, -0.15) is 0 Å². The Balaban J connectivity index is 1.83. The van der Waals surface area contributed by atoms with Crippen LogP contribution in [0.25, 0.3) is 11.1 Å². The van der Waals surface area contributed by atoms with E-state index in [0.717, 1.165) is 13.0 Å². The van der Waals surface area contributed by atoms with Crippen molar-refractivity contribution in [3.05, 3.63) is 36.4 Å². The average Bonchev–Trinajstić information content (AvgIpc) is 3.00. The van der Waals surface area contributed by atoms with Gasteiger partial charge in [0.05, 0.1) is 13.2 Å². The van der Waals surface area contributed by atoms with Crippen LogP contribution in [0.3, 0.4) is 0 Å². The van der Waals surface area contributed by atoms with Crippen molar-refractivity contribution in [3.8, 4) is 16.9 Å². The van der Waals surface area contributed by atoms with Crippen LogP contribution < -0.4 is 10.5 Å². The highest BCUT2D eigenvalue weighted by atomic mass is 19.1. The second-order valence-electron chi connectivity index (χ2n) is 5.01. The van der Waals surface area contributed by atoms with Crippen LogP contribution in [0.1, 0.15) is 6.42 Å². The molecule has 1 aliphatic rings. The minimum absolute atomic E-state index is 0.181. The summed E-state index contributed by atoms with van der Waals surface area (Å²) >= 11 is 0. The third kappa shape index (κ3) is 3.28. The third-order valence-electron chi connectivity index (χ3n) is 3.42. The van der Waals surface area contributed by atoms with E-state index in [1.165, 1.54) is 12.1 Å². The largest absolute Gasteiger partial charge is 0.493 e. The van der Waals surface area contributed by atoms with Gasteiger partial charge in [-0.25, -0.2) is 14.4 Å². The van der Waals surface area contributed by atoms with Gasteiger partial charge in [0.2, 0.25) is 5.95 Å². The summed E-state index contributed by atoms with van der Waals surface area (Å²) in [5.41, 5.74) is 6.76. The van der Waals surface area contributed by atoms with Crippen molar-refractivity contribution in [1.29, 1.82) is 0 Å². The van der Waals surface area contributed by atoms with Crippen molar-refractivity contribution in [2.45, 2.75) is 6.42 Å². The average molecular weight is 289 g/mol. The quantitative estimate of drug-likeness (QED) is 0.935. The highest BCUT2D eigenvalue weighted by molar-refractivity contribution is 5.69. The molecule has 5 nitrogen and oxygen atoms in total. The zero-order valence-electron chi connectivity index (χ0n) is 11.5. The summed E-state index contributed by atoms with van der Waals surface area (Å²) in [6, 6.07) is 4.41. The molecule has 2 heterocycles. The monoisotopic (exact) mass is 289 g/mol. The molecule has 110 valence electrons. The molecule has 0 saturated carbocycles. The maximum absolute atomic E-state index is 13.5. The van der Waals surface area contributed by atoms with E-state index in [1.54, 1.807) is 18.5 Å². The molecule has 0 radical (unpaired) electrons. The van der Waals surface area contributed by atoms with E-state index in [1.807, 2.05) is 0 Å². The fourth-order valence-electron chi connectivity index (χ4n) is 2.25. The molecule has 0 bridgehead atoms. The Hall–Kier alpha value is -2.21. The molecule has 1 atom stereocenters. The van der Waals surface area contributed by atoms with Crippen molar-refractivity contribution in [2.75, 3.05) is 25.6 Å². The van der Waals surface area contributed by atoms with Crippen molar-refractivity contribution in [3.63, 3.8) is 0 Å². The number of anilines is 1. The van der Waals surface area contributed by atoms with Gasteiger partial charge in [0.25, 0.3) is 0 Å². The van der Waals surface area contributed by atoms with Crippen LogP contribution in [-0.2, 0) is 4.74 Å². The molecule has 3 rings (SSSR count). The third-order valence-corrected chi connectivity index (χ3v) is 3.42. The van der Waals surface area contributed by atoms with Gasteiger partial charge in [-0.05, 0) is 24.6 Å². The maximum Gasteiger partial charge on any atom is 0.219 e. The SMILES string of the molecule is Nc1ncc(-c2cc(F)ccc2OC[C@H]2CCOC2)cn1. The smallest absolute Gasteiger partial charge is 0.219 e. The van der Waals surface area contributed by atoms with Gasteiger partial charge in [-0.1, -0.05) is 0 Å². The molecule has 6 heteroatoms. The lowest BCUT2D eigenvalue weighted by Crippen LogP contribution is -2.12. The first-order chi connectivity index (χ1) is 10.2. The van der Waals surface area contributed by atoms with E-state index in [-0.39, 0.29) is 11.8 Å². The minimum atomic E-state index is -0.335. The number of aromatic nitrogens is 2. The number of nitrogens with two attached hydrogens (primary N) is 1. The molecular formula is C15H16FN3O2. The Kier molecular flexibility index (Phi) is 3.96. The molecule has 0 spiro atoms. The molecular weight excluding hydrogens is 273 g/mol. The summed E-state index contributed by atoms with van der Waals surface area (Å²) in [6.07, 6.45) is 4.10. The molecule has 0 amide bonds. The Morgan fingerprint density at radius 1 is 1.33 bits per heavy atom. The number of rotatable bonds is 4. The summed E-state index contributed by atoms with van der Waals surface area (Å²) in [5, 5.41) is 0. The van der Waals surface area contributed by atoms with Crippen LogP contribution in [0, 0.1) is 11.7 Å². The van der Waals surface area contributed by atoms with E-state index in [2.05, 4.69) is 9.97 Å². The molecule has 2 N–H and O–H groups in total. The van der Waals surface area contributed by atoms with Crippen molar-refractivity contribution >= 4 is 5.95 Å².